The van der Waals surface area contributed by atoms with Crippen LogP contribution in [0.5, 0.6) is 5.75 Å². The summed E-state index contributed by atoms with van der Waals surface area (Å²) in [4.78, 5) is 24.6. The van der Waals surface area contributed by atoms with Gasteiger partial charge in [0, 0.05) is 13.1 Å². The highest BCUT2D eigenvalue weighted by Crippen LogP contribution is 2.17. The van der Waals surface area contributed by atoms with Crippen molar-refractivity contribution in [3.63, 3.8) is 0 Å². The smallest absolute Gasteiger partial charge is 0.308 e. The molecule has 0 aromatic heterocycles. The molecule has 1 amide bonds. The SMILES string of the molecule is Cc1ccc(OCC(=O)N2CCCC(C(=O)O)C2)cc1. The molecule has 0 radical (unpaired) electrons. The molecule has 5 heteroatoms. The summed E-state index contributed by atoms with van der Waals surface area (Å²) < 4.78 is 5.43. The number of hydrogen-bond acceptors (Lipinski definition) is 3. The Morgan fingerprint density at radius 1 is 1.35 bits per heavy atom. The molecule has 1 aromatic rings. The van der Waals surface area contributed by atoms with E-state index >= 15 is 0 Å². The van der Waals surface area contributed by atoms with E-state index in [4.69, 9.17) is 9.84 Å². The van der Waals surface area contributed by atoms with Crippen LogP contribution >= 0.6 is 0 Å². The molecule has 108 valence electrons. The zero-order valence-electron chi connectivity index (χ0n) is 11.5. The normalized spacial score (nSPS) is 18.6. The molecule has 1 unspecified atom stereocenters. The number of carbonyl (C=O) groups excluding carboxylic acids is 1. The Bertz CT molecular complexity index is 483. The summed E-state index contributed by atoms with van der Waals surface area (Å²) in [5, 5.41) is 9.00. The number of piperidine rings is 1. The number of nitrogens with zero attached hydrogens (tertiary/aromatic N) is 1. The van der Waals surface area contributed by atoms with Crippen LogP contribution in [-0.2, 0) is 9.59 Å². The van der Waals surface area contributed by atoms with Gasteiger partial charge in [-0.1, -0.05) is 17.7 Å². The third-order valence-corrected chi connectivity index (χ3v) is 3.51. The second-order valence-electron chi connectivity index (χ2n) is 5.12. The van der Waals surface area contributed by atoms with Crippen molar-refractivity contribution in [3.05, 3.63) is 29.8 Å². The highest BCUT2D eigenvalue weighted by molar-refractivity contribution is 5.79. The molecule has 1 fully saturated rings. The first kappa shape index (κ1) is 14.4. The molecule has 0 saturated carbocycles. The first-order valence-electron chi connectivity index (χ1n) is 6.76. The minimum atomic E-state index is -0.832. The number of carboxylic acids is 1. The van der Waals surface area contributed by atoms with Crippen LogP contribution in [0.3, 0.4) is 0 Å². The van der Waals surface area contributed by atoms with Crippen LogP contribution in [0.25, 0.3) is 0 Å². The average Bonchev–Trinajstić information content (AvgIpc) is 2.46. The van der Waals surface area contributed by atoms with E-state index < -0.39 is 11.9 Å². The third-order valence-electron chi connectivity index (χ3n) is 3.51. The molecule has 0 spiro atoms. The van der Waals surface area contributed by atoms with Crippen molar-refractivity contribution in [3.8, 4) is 5.75 Å². The Morgan fingerprint density at radius 2 is 2.05 bits per heavy atom. The number of aliphatic carboxylic acids is 1. The molecule has 1 aromatic carbocycles. The molecular weight excluding hydrogens is 258 g/mol. The average molecular weight is 277 g/mol. The lowest BCUT2D eigenvalue weighted by atomic mass is 9.98. The Labute approximate surface area is 118 Å². The van der Waals surface area contributed by atoms with Gasteiger partial charge in [-0.3, -0.25) is 9.59 Å². The highest BCUT2D eigenvalue weighted by atomic mass is 16.5. The summed E-state index contributed by atoms with van der Waals surface area (Å²) in [5.74, 6) is -0.790. The maximum atomic E-state index is 12.0. The third kappa shape index (κ3) is 3.73. The van der Waals surface area contributed by atoms with Crippen molar-refractivity contribution in [2.45, 2.75) is 19.8 Å². The van der Waals surface area contributed by atoms with Crippen LogP contribution in [0.2, 0.25) is 0 Å². The first-order chi connectivity index (χ1) is 9.56. The number of ether oxygens (including phenoxy) is 1. The molecule has 0 aliphatic carbocycles. The van der Waals surface area contributed by atoms with E-state index in [0.29, 0.717) is 18.7 Å². The first-order valence-corrected chi connectivity index (χ1v) is 6.76. The van der Waals surface area contributed by atoms with E-state index in [1.165, 1.54) is 0 Å². The Kier molecular flexibility index (Phi) is 4.61. The van der Waals surface area contributed by atoms with E-state index in [9.17, 15) is 9.59 Å². The molecule has 2 rings (SSSR count). The number of rotatable bonds is 4. The van der Waals surface area contributed by atoms with Gasteiger partial charge in [0.1, 0.15) is 5.75 Å². The summed E-state index contributed by atoms with van der Waals surface area (Å²) in [5.41, 5.74) is 1.13. The van der Waals surface area contributed by atoms with E-state index in [0.717, 1.165) is 12.0 Å². The standard InChI is InChI=1S/C15H19NO4/c1-11-4-6-13(7-5-11)20-10-14(17)16-8-2-3-12(9-16)15(18)19/h4-7,12H,2-3,8-10H2,1H3,(H,18,19). The number of likely N-dealkylation sites (tertiary alicyclic amines) is 1. The maximum Gasteiger partial charge on any atom is 0.308 e. The molecule has 1 atom stereocenters. The van der Waals surface area contributed by atoms with Crippen molar-refractivity contribution in [1.82, 2.24) is 4.90 Å². The van der Waals surface area contributed by atoms with Gasteiger partial charge in [0.15, 0.2) is 6.61 Å². The summed E-state index contributed by atoms with van der Waals surface area (Å²) in [7, 11) is 0. The van der Waals surface area contributed by atoms with E-state index in [1.807, 2.05) is 31.2 Å². The molecule has 1 aliphatic rings. The molecule has 5 nitrogen and oxygen atoms in total. The lowest BCUT2D eigenvalue weighted by Gasteiger charge is -2.30. The summed E-state index contributed by atoms with van der Waals surface area (Å²) in [6.07, 6.45) is 1.37. The van der Waals surface area contributed by atoms with Gasteiger partial charge < -0.3 is 14.7 Å². The Balaban J connectivity index is 1.85. The van der Waals surface area contributed by atoms with Crippen LogP contribution in [0, 0.1) is 12.8 Å². The predicted molar refractivity (Wildman–Crippen MR) is 73.6 cm³/mol. The number of carbonyl (C=O) groups is 2. The van der Waals surface area contributed by atoms with Gasteiger partial charge in [-0.25, -0.2) is 0 Å². The van der Waals surface area contributed by atoms with Crippen molar-refractivity contribution < 1.29 is 19.4 Å². The molecule has 0 bridgehead atoms. The number of amides is 1. The second kappa shape index (κ2) is 6.41. The predicted octanol–water partition coefficient (Wildman–Crippen LogP) is 1.70. The van der Waals surface area contributed by atoms with E-state index in [1.54, 1.807) is 4.90 Å². The van der Waals surface area contributed by atoms with Gasteiger partial charge in [0.2, 0.25) is 0 Å². The second-order valence-corrected chi connectivity index (χ2v) is 5.12. The van der Waals surface area contributed by atoms with Crippen LogP contribution < -0.4 is 4.74 Å². The van der Waals surface area contributed by atoms with Crippen LogP contribution in [0.1, 0.15) is 18.4 Å². The van der Waals surface area contributed by atoms with Crippen LogP contribution in [-0.4, -0.2) is 41.6 Å². The fourth-order valence-corrected chi connectivity index (χ4v) is 2.28. The van der Waals surface area contributed by atoms with Gasteiger partial charge in [0.25, 0.3) is 5.91 Å². The summed E-state index contributed by atoms with van der Waals surface area (Å²) in [6.45, 7) is 2.83. The van der Waals surface area contributed by atoms with Gasteiger partial charge in [-0.15, -0.1) is 0 Å². The van der Waals surface area contributed by atoms with Crippen molar-refractivity contribution in [1.29, 1.82) is 0 Å². The van der Waals surface area contributed by atoms with Gasteiger partial charge in [-0.2, -0.15) is 0 Å². The molecule has 1 aliphatic heterocycles. The summed E-state index contributed by atoms with van der Waals surface area (Å²) in [6, 6.07) is 7.47. The van der Waals surface area contributed by atoms with Crippen LogP contribution in [0.15, 0.2) is 24.3 Å². The lowest BCUT2D eigenvalue weighted by molar-refractivity contribution is -0.146. The zero-order valence-corrected chi connectivity index (χ0v) is 11.5. The number of hydrogen-bond donors (Lipinski definition) is 1. The fourth-order valence-electron chi connectivity index (χ4n) is 2.28. The summed E-state index contributed by atoms with van der Waals surface area (Å²) >= 11 is 0. The lowest BCUT2D eigenvalue weighted by Crippen LogP contribution is -2.44. The van der Waals surface area contributed by atoms with Gasteiger partial charge >= 0.3 is 5.97 Å². The van der Waals surface area contributed by atoms with Crippen molar-refractivity contribution in [2.24, 2.45) is 5.92 Å². The largest absolute Gasteiger partial charge is 0.484 e. The topological polar surface area (TPSA) is 66.8 Å². The number of carboxylic acid groups (broad SMARTS) is 1. The highest BCUT2D eigenvalue weighted by Gasteiger charge is 2.28. The number of aryl methyl sites for hydroxylation is 1. The molecule has 1 N–H and O–H groups in total. The van der Waals surface area contributed by atoms with Crippen LogP contribution in [0.4, 0.5) is 0 Å². The molecular formula is C15H19NO4. The van der Waals surface area contributed by atoms with Crippen molar-refractivity contribution in [2.75, 3.05) is 19.7 Å². The molecule has 20 heavy (non-hydrogen) atoms. The zero-order chi connectivity index (χ0) is 14.5. The quantitative estimate of drug-likeness (QED) is 0.909. The molecule has 1 heterocycles. The Hall–Kier alpha value is -2.04. The molecule has 1 saturated heterocycles. The monoisotopic (exact) mass is 277 g/mol. The van der Waals surface area contributed by atoms with Gasteiger partial charge in [-0.05, 0) is 31.9 Å². The van der Waals surface area contributed by atoms with Gasteiger partial charge in [0.05, 0.1) is 5.92 Å². The minimum Gasteiger partial charge on any atom is -0.484 e. The van der Waals surface area contributed by atoms with E-state index in [-0.39, 0.29) is 19.1 Å². The maximum absolute atomic E-state index is 12.0. The minimum absolute atomic E-state index is 0.0462. The fraction of sp³-hybridized carbons (Fsp3) is 0.467. The van der Waals surface area contributed by atoms with Crippen molar-refractivity contribution >= 4 is 11.9 Å². The Morgan fingerprint density at radius 3 is 2.70 bits per heavy atom. The van der Waals surface area contributed by atoms with E-state index in [2.05, 4.69) is 0 Å². The number of benzene rings is 1.